The van der Waals surface area contributed by atoms with E-state index in [1.165, 1.54) is 0 Å². The molecule has 5 heteroatoms. The number of hydrogen-bond donors (Lipinski definition) is 2. The van der Waals surface area contributed by atoms with Gasteiger partial charge >= 0.3 is 0 Å². The minimum atomic E-state index is -0.699. The molecule has 0 unspecified atom stereocenters. The Hall–Kier alpha value is -1.62. The van der Waals surface area contributed by atoms with Gasteiger partial charge in [0.05, 0.1) is 23.2 Å². The Balaban J connectivity index is 2.19. The van der Waals surface area contributed by atoms with Crippen molar-refractivity contribution in [1.82, 2.24) is 0 Å². The number of amides is 1. The van der Waals surface area contributed by atoms with E-state index >= 15 is 0 Å². The number of methoxy groups -OCH3 is 1. The normalized spacial score (nSPS) is 25.3. The van der Waals surface area contributed by atoms with Crippen LogP contribution in [0.3, 0.4) is 0 Å². The molecule has 0 spiro atoms. The summed E-state index contributed by atoms with van der Waals surface area (Å²) in [5.74, 6) is 0.967. The number of hydrogen-bond acceptors (Lipinski definition) is 3. The summed E-state index contributed by atoms with van der Waals surface area (Å²) in [4.78, 5) is 12.7. The number of thiocarbonyl (C=S) groups is 1. The van der Waals surface area contributed by atoms with E-state index in [9.17, 15) is 4.79 Å². The summed E-state index contributed by atoms with van der Waals surface area (Å²) in [6.07, 6.45) is 1.42. The van der Waals surface area contributed by atoms with E-state index in [1.54, 1.807) is 19.2 Å². The lowest BCUT2D eigenvalue weighted by molar-refractivity contribution is -0.127. The van der Waals surface area contributed by atoms with Gasteiger partial charge < -0.3 is 15.8 Å². The van der Waals surface area contributed by atoms with Gasteiger partial charge in [-0.25, -0.2) is 0 Å². The Morgan fingerprint density at radius 1 is 1.47 bits per heavy atom. The third kappa shape index (κ3) is 2.42. The lowest BCUT2D eigenvalue weighted by Gasteiger charge is -2.44. The van der Waals surface area contributed by atoms with Crippen LogP contribution in [0.2, 0.25) is 0 Å². The highest BCUT2D eigenvalue weighted by atomic mass is 32.1. The fourth-order valence-electron chi connectivity index (χ4n) is 2.62. The molecular weight excluding hydrogens is 260 g/mol. The zero-order chi connectivity index (χ0) is 14.0. The number of nitrogens with two attached hydrogens (primary N) is 1. The molecule has 1 saturated carbocycles. The Labute approximate surface area is 118 Å². The van der Waals surface area contributed by atoms with Gasteiger partial charge in [-0.3, -0.25) is 4.79 Å². The van der Waals surface area contributed by atoms with Crippen LogP contribution in [0.1, 0.15) is 19.8 Å². The van der Waals surface area contributed by atoms with Crippen LogP contribution in [0.5, 0.6) is 5.75 Å². The summed E-state index contributed by atoms with van der Waals surface area (Å²) in [6, 6.07) is 7.29. The van der Waals surface area contributed by atoms with Crippen molar-refractivity contribution in [2.45, 2.75) is 19.8 Å². The van der Waals surface area contributed by atoms with Crippen LogP contribution in [0, 0.1) is 11.3 Å². The summed E-state index contributed by atoms with van der Waals surface area (Å²) in [5, 5.41) is 2.87. The standard InChI is InChI=1S/C14H18N2O2S/c1-9-7-14(8-9,12(15)19)13(17)16-10-5-3-4-6-11(10)18-2/h3-6,9H,7-8H2,1-2H3,(H2,15,19)(H,16,17). The van der Waals surface area contributed by atoms with E-state index in [0.717, 1.165) is 0 Å². The largest absolute Gasteiger partial charge is 0.495 e. The Morgan fingerprint density at radius 2 is 2.11 bits per heavy atom. The van der Waals surface area contributed by atoms with Crippen LogP contribution in [0.15, 0.2) is 24.3 Å². The minimum Gasteiger partial charge on any atom is -0.495 e. The van der Waals surface area contributed by atoms with Crippen LogP contribution in [-0.4, -0.2) is 18.0 Å². The van der Waals surface area contributed by atoms with Gasteiger partial charge in [-0.05, 0) is 30.9 Å². The first-order chi connectivity index (χ1) is 8.99. The average molecular weight is 278 g/mol. The van der Waals surface area contributed by atoms with Gasteiger partial charge in [-0.2, -0.15) is 0 Å². The maximum absolute atomic E-state index is 12.4. The molecule has 19 heavy (non-hydrogen) atoms. The maximum Gasteiger partial charge on any atom is 0.237 e. The summed E-state index contributed by atoms with van der Waals surface area (Å²) >= 11 is 5.07. The van der Waals surface area contributed by atoms with Crippen molar-refractivity contribution in [3.8, 4) is 5.75 Å². The second kappa shape index (κ2) is 5.17. The van der Waals surface area contributed by atoms with Crippen molar-refractivity contribution in [2.24, 2.45) is 17.1 Å². The molecule has 102 valence electrons. The minimum absolute atomic E-state index is 0.136. The number of ether oxygens (including phenoxy) is 1. The zero-order valence-electron chi connectivity index (χ0n) is 11.1. The van der Waals surface area contributed by atoms with Gasteiger partial charge in [0.2, 0.25) is 5.91 Å². The molecule has 0 saturated heterocycles. The topological polar surface area (TPSA) is 64.3 Å². The smallest absolute Gasteiger partial charge is 0.237 e. The fraction of sp³-hybridized carbons (Fsp3) is 0.429. The molecule has 2 rings (SSSR count). The van der Waals surface area contributed by atoms with Crippen molar-refractivity contribution in [1.29, 1.82) is 0 Å². The van der Waals surface area contributed by atoms with Crippen LogP contribution in [-0.2, 0) is 4.79 Å². The van der Waals surface area contributed by atoms with Crippen molar-refractivity contribution in [3.05, 3.63) is 24.3 Å². The molecule has 0 aromatic heterocycles. The van der Waals surface area contributed by atoms with Crippen molar-refractivity contribution >= 4 is 28.8 Å². The number of benzene rings is 1. The van der Waals surface area contributed by atoms with Gasteiger partial charge in [-0.1, -0.05) is 31.3 Å². The van der Waals surface area contributed by atoms with E-state index < -0.39 is 5.41 Å². The maximum atomic E-state index is 12.4. The molecule has 0 radical (unpaired) electrons. The lowest BCUT2D eigenvalue weighted by atomic mass is 9.62. The molecule has 0 bridgehead atoms. The van der Waals surface area contributed by atoms with Crippen LogP contribution in [0.25, 0.3) is 0 Å². The molecule has 1 amide bonds. The number of rotatable bonds is 4. The summed E-state index contributed by atoms with van der Waals surface area (Å²) in [5.41, 5.74) is 5.70. The highest BCUT2D eigenvalue weighted by Crippen LogP contribution is 2.46. The average Bonchev–Trinajstić information content (AvgIpc) is 2.34. The lowest BCUT2D eigenvalue weighted by Crippen LogP contribution is -2.53. The third-order valence-electron chi connectivity index (χ3n) is 3.66. The number of carbonyl (C=O) groups is 1. The van der Waals surface area contributed by atoms with E-state index in [0.29, 0.717) is 30.2 Å². The second-order valence-corrected chi connectivity index (χ2v) is 5.55. The second-order valence-electron chi connectivity index (χ2n) is 5.11. The summed E-state index contributed by atoms with van der Waals surface area (Å²) < 4.78 is 5.21. The van der Waals surface area contributed by atoms with Gasteiger partial charge in [0, 0.05) is 0 Å². The molecule has 1 fully saturated rings. The summed E-state index contributed by atoms with van der Waals surface area (Å²) in [7, 11) is 1.57. The molecule has 0 heterocycles. The van der Waals surface area contributed by atoms with Crippen LogP contribution < -0.4 is 15.8 Å². The van der Waals surface area contributed by atoms with Crippen molar-refractivity contribution in [3.63, 3.8) is 0 Å². The molecule has 0 atom stereocenters. The first-order valence-corrected chi connectivity index (χ1v) is 6.65. The van der Waals surface area contributed by atoms with E-state index in [-0.39, 0.29) is 10.9 Å². The Kier molecular flexibility index (Phi) is 3.75. The highest BCUT2D eigenvalue weighted by Gasteiger charge is 2.50. The van der Waals surface area contributed by atoms with Crippen LogP contribution in [0.4, 0.5) is 5.69 Å². The molecular formula is C14H18N2O2S. The van der Waals surface area contributed by atoms with Gasteiger partial charge in [-0.15, -0.1) is 0 Å². The molecule has 1 aromatic rings. The fourth-order valence-corrected chi connectivity index (χ4v) is 2.88. The summed E-state index contributed by atoms with van der Waals surface area (Å²) in [6.45, 7) is 2.09. The Morgan fingerprint density at radius 3 is 2.63 bits per heavy atom. The number of anilines is 1. The Bertz CT molecular complexity index is 510. The van der Waals surface area contributed by atoms with Gasteiger partial charge in [0.25, 0.3) is 0 Å². The molecule has 1 aliphatic rings. The predicted molar refractivity (Wildman–Crippen MR) is 79.2 cm³/mol. The quantitative estimate of drug-likeness (QED) is 0.830. The predicted octanol–water partition coefficient (Wildman–Crippen LogP) is 2.34. The highest BCUT2D eigenvalue weighted by molar-refractivity contribution is 7.80. The number of carbonyl (C=O) groups excluding carboxylic acids is 1. The molecule has 1 aromatic carbocycles. The van der Waals surface area contributed by atoms with Gasteiger partial charge in [0.15, 0.2) is 0 Å². The number of para-hydroxylation sites is 2. The van der Waals surface area contributed by atoms with Crippen molar-refractivity contribution in [2.75, 3.05) is 12.4 Å². The number of nitrogens with one attached hydrogen (secondary N) is 1. The van der Waals surface area contributed by atoms with Crippen LogP contribution >= 0.6 is 12.2 Å². The first-order valence-electron chi connectivity index (χ1n) is 6.24. The molecule has 1 aliphatic carbocycles. The zero-order valence-corrected chi connectivity index (χ0v) is 11.9. The SMILES string of the molecule is COc1ccccc1NC(=O)C1(C(N)=S)CC(C)C1. The molecule has 0 aliphatic heterocycles. The van der Waals surface area contributed by atoms with E-state index in [1.807, 2.05) is 12.1 Å². The third-order valence-corrected chi connectivity index (χ3v) is 4.05. The van der Waals surface area contributed by atoms with E-state index in [2.05, 4.69) is 12.2 Å². The van der Waals surface area contributed by atoms with E-state index in [4.69, 9.17) is 22.7 Å². The first kappa shape index (κ1) is 13.8. The molecule has 3 N–H and O–H groups in total. The van der Waals surface area contributed by atoms with Crippen molar-refractivity contribution < 1.29 is 9.53 Å². The molecule has 4 nitrogen and oxygen atoms in total. The monoisotopic (exact) mass is 278 g/mol. The van der Waals surface area contributed by atoms with Gasteiger partial charge in [0.1, 0.15) is 5.75 Å².